The minimum atomic E-state index is -0.574. The molecule has 1 aliphatic carbocycles. The first-order valence-electron chi connectivity index (χ1n) is 11.0. The Kier molecular flexibility index (Phi) is 6.55. The van der Waals surface area contributed by atoms with Crippen LogP contribution in [-0.2, 0) is 4.79 Å². The Morgan fingerprint density at radius 3 is 2.66 bits per heavy atom. The third-order valence-corrected chi connectivity index (χ3v) is 6.16. The van der Waals surface area contributed by atoms with Crippen molar-refractivity contribution in [1.29, 1.82) is 0 Å². The molecule has 2 atom stereocenters. The summed E-state index contributed by atoms with van der Waals surface area (Å²) in [5.74, 6) is -1.05. The average Bonchev–Trinajstić information content (AvgIpc) is 2.77. The zero-order valence-corrected chi connectivity index (χ0v) is 18.5. The van der Waals surface area contributed by atoms with Gasteiger partial charge in [-0.1, -0.05) is 12.2 Å². The highest BCUT2D eigenvalue weighted by Gasteiger charge is 2.28. The molecule has 32 heavy (non-hydrogen) atoms. The minimum Gasteiger partial charge on any atom is -0.369 e. The van der Waals surface area contributed by atoms with Gasteiger partial charge in [0, 0.05) is 43.6 Å². The Morgan fingerprint density at radius 1 is 1.19 bits per heavy atom. The molecule has 0 bridgehead atoms. The average molecular weight is 440 g/mol. The molecule has 1 aromatic heterocycles. The van der Waals surface area contributed by atoms with Gasteiger partial charge < -0.3 is 26.2 Å². The Balaban J connectivity index is 1.47. The van der Waals surface area contributed by atoms with E-state index in [4.69, 9.17) is 5.73 Å². The van der Waals surface area contributed by atoms with Crippen molar-refractivity contribution in [1.82, 2.24) is 14.9 Å². The van der Waals surface area contributed by atoms with Gasteiger partial charge in [-0.3, -0.25) is 4.79 Å². The molecule has 1 amide bonds. The quantitative estimate of drug-likeness (QED) is 0.595. The summed E-state index contributed by atoms with van der Waals surface area (Å²) in [5, 5.41) is 6.20. The maximum atomic E-state index is 14.4. The van der Waals surface area contributed by atoms with E-state index >= 15 is 0 Å². The van der Waals surface area contributed by atoms with E-state index in [-0.39, 0.29) is 17.8 Å². The van der Waals surface area contributed by atoms with Crippen molar-refractivity contribution in [3.8, 4) is 0 Å². The molecule has 0 radical (unpaired) electrons. The van der Waals surface area contributed by atoms with Gasteiger partial charge in [0.2, 0.25) is 11.9 Å². The number of benzene rings is 1. The lowest BCUT2D eigenvalue weighted by atomic mass is 9.88. The van der Waals surface area contributed by atoms with E-state index in [9.17, 15) is 9.18 Å². The largest absolute Gasteiger partial charge is 0.369 e. The van der Waals surface area contributed by atoms with Crippen molar-refractivity contribution >= 4 is 29.0 Å². The van der Waals surface area contributed by atoms with Crippen molar-refractivity contribution in [3.63, 3.8) is 0 Å². The number of allylic oxidation sites excluding steroid dienone is 1. The monoisotopic (exact) mass is 439 g/mol. The maximum absolute atomic E-state index is 14.4. The molecule has 9 heteroatoms. The summed E-state index contributed by atoms with van der Waals surface area (Å²) in [6, 6.07) is 5.81. The minimum absolute atomic E-state index is 0.0554. The fourth-order valence-electron chi connectivity index (χ4n) is 4.26. The van der Waals surface area contributed by atoms with E-state index in [1.165, 1.54) is 5.69 Å². The van der Waals surface area contributed by atoms with Gasteiger partial charge in [0.1, 0.15) is 0 Å². The maximum Gasteiger partial charge on any atom is 0.229 e. The van der Waals surface area contributed by atoms with Crippen LogP contribution in [0.25, 0.3) is 0 Å². The van der Waals surface area contributed by atoms with Gasteiger partial charge in [-0.15, -0.1) is 0 Å². The summed E-state index contributed by atoms with van der Waals surface area (Å²) in [7, 11) is 2.14. The normalized spacial score (nSPS) is 21.4. The van der Waals surface area contributed by atoms with Gasteiger partial charge in [0.15, 0.2) is 11.6 Å². The Labute approximate surface area is 187 Å². The molecule has 4 rings (SSSR count). The van der Waals surface area contributed by atoms with Crippen LogP contribution in [0.2, 0.25) is 0 Å². The van der Waals surface area contributed by atoms with Crippen LogP contribution in [0.3, 0.4) is 0 Å². The van der Waals surface area contributed by atoms with Crippen LogP contribution in [0.15, 0.2) is 36.5 Å². The van der Waals surface area contributed by atoms with Gasteiger partial charge in [-0.25, -0.2) is 9.37 Å². The number of nitrogens with two attached hydrogens (primary N) is 1. The number of carbonyl (C=O) groups is 1. The first-order valence-corrected chi connectivity index (χ1v) is 11.0. The number of piperazine rings is 1. The number of hydrogen-bond acceptors (Lipinski definition) is 7. The number of aryl methyl sites for hydroxylation is 1. The lowest BCUT2D eigenvalue weighted by Gasteiger charge is -2.35. The predicted molar refractivity (Wildman–Crippen MR) is 125 cm³/mol. The number of hydrogen-bond donors (Lipinski definition) is 3. The molecule has 8 nitrogen and oxygen atoms in total. The lowest BCUT2D eigenvalue weighted by molar-refractivity contribution is -0.122. The second-order valence-corrected chi connectivity index (χ2v) is 8.51. The van der Waals surface area contributed by atoms with Crippen LogP contribution in [0, 0.1) is 18.7 Å². The zero-order valence-electron chi connectivity index (χ0n) is 18.5. The molecule has 1 aromatic carbocycles. The highest BCUT2D eigenvalue weighted by Crippen LogP contribution is 2.27. The van der Waals surface area contributed by atoms with E-state index in [2.05, 4.69) is 50.4 Å². The standard InChI is InChI=1S/C23H30FN7O/c1-15-13-16(7-8-20(15)31-11-9-30(2)10-12-31)27-23-26-14-18(24)22(29-23)28-19-6-4-3-5-17(19)21(25)32/h3-4,7-8,13-14,17,19H,5-6,9-12H2,1-2H3,(H2,25,32)(H2,26,27,28,29)/t17-,19?/m1/s1. The molecule has 2 aromatic rings. The summed E-state index contributed by atoms with van der Waals surface area (Å²) >= 11 is 0. The second kappa shape index (κ2) is 9.52. The van der Waals surface area contributed by atoms with Crippen molar-refractivity contribution < 1.29 is 9.18 Å². The fourth-order valence-corrected chi connectivity index (χ4v) is 4.26. The highest BCUT2D eigenvalue weighted by molar-refractivity contribution is 5.78. The number of nitrogens with zero attached hydrogens (tertiary/aromatic N) is 4. The number of amides is 1. The van der Waals surface area contributed by atoms with Gasteiger partial charge in [0.25, 0.3) is 0 Å². The first-order chi connectivity index (χ1) is 15.4. The molecule has 1 saturated heterocycles. The smallest absolute Gasteiger partial charge is 0.229 e. The molecule has 1 unspecified atom stereocenters. The van der Waals surface area contributed by atoms with Gasteiger partial charge in [0.05, 0.1) is 12.1 Å². The number of nitrogens with one attached hydrogen (secondary N) is 2. The van der Waals surface area contributed by atoms with Gasteiger partial charge in [-0.05, 0) is 50.6 Å². The summed E-state index contributed by atoms with van der Waals surface area (Å²) in [5.41, 5.74) is 8.71. The van der Waals surface area contributed by atoms with Crippen molar-refractivity contribution in [3.05, 3.63) is 47.9 Å². The van der Waals surface area contributed by atoms with Crippen molar-refractivity contribution in [2.75, 3.05) is 48.8 Å². The van der Waals surface area contributed by atoms with E-state index in [1.54, 1.807) is 0 Å². The van der Waals surface area contributed by atoms with Crippen LogP contribution in [0.1, 0.15) is 18.4 Å². The summed E-state index contributed by atoms with van der Waals surface area (Å²) in [6.45, 7) is 6.18. The predicted octanol–water partition coefficient (Wildman–Crippen LogP) is 2.65. The zero-order chi connectivity index (χ0) is 22.7. The Bertz CT molecular complexity index is 1000. The molecule has 2 heterocycles. The van der Waals surface area contributed by atoms with Crippen LogP contribution < -0.4 is 21.3 Å². The topological polar surface area (TPSA) is 99.4 Å². The third-order valence-electron chi connectivity index (χ3n) is 6.16. The molecule has 1 fully saturated rings. The molecule has 2 aliphatic rings. The summed E-state index contributed by atoms with van der Waals surface area (Å²) < 4.78 is 14.4. The van der Waals surface area contributed by atoms with E-state index in [0.717, 1.165) is 43.6 Å². The molecule has 170 valence electrons. The SMILES string of the molecule is Cc1cc(Nc2ncc(F)c(NC3CC=CC[C@H]3C(N)=O)n2)ccc1N1CCN(C)CC1. The number of likely N-dealkylation sites (N-methyl/N-ethyl adjacent to an activating group) is 1. The summed E-state index contributed by atoms with van der Waals surface area (Å²) in [6.07, 6.45) is 6.11. The second-order valence-electron chi connectivity index (χ2n) is 8.51. The van der Waals surface area contributed by atoms with Crippen LogP contribution in [0.5, 0.6) is 0 Å². The number of anilines is 4. The third kappa shape index (κ3) is 4.99. The van der Waals surface area contributed by atoms with E-state index in [0.29, 0.717) is 12.8 Å². The lowest BCUT2D eigenvalue weighted by Crippen LogP contribution is -2.44. The van der Waals surface area contributed by atoms with Gasteiger partial charge in [-0.2, -0.15) is 4.98 Å². The molecular formula is C23H30FN7O. The molecule has 0 saturated carbocycles. The number of aromatic nitrogens is 2. The number of primary amides is 1. The van der Waals surface area contributed by atoms with Crippen molar-refractivity contribution in [2.24, 2.45) is 11.7 Å². The van der Waals surface area contributed by atoms with Crippen LogP contribution >= 0.6 is 0 Å². The Morgan fingerprint density at radius 2 is 1.94 bits per heavy atom. The highest BCUT2D eigenvalue weighted by atomic mass is 19.1. The molecule has 1 aliphatic heterocycles. The Hall–Kier alpha value is -3.20. The molecule has 4 N–H and O–H groups in total. The van der Waals surface area contributed by atoms with Crippen molar-refractivity contribution in [2.45, 2.75) is 25.8 Å². The number of rotatable bonds is 6. The summed E-state index contributed by atoms with van der Waals surface area (Å²) in [4.78, 5) is 24.8. The van der Waals surface area contributed by atoms with Gasteiger partial charge >= 0.3 is 0 Å². The van der Waals surface area contributed by atoms with E-state index in [1.807, 2.05) is 24.3 Å². The van der Waals surface area contributed by atoms with Crippen LogP contribution in [0.4, 0.5) is 27.5 Å². The fraction of sp³-hybridized carbons (Fsp3) is 0.435. The number of carbonyl (C=O) groups excluding carboxylic acids is 1. The first kappa shape index (κ1) is 22.0. The van der Waals surface area contributed by atoms with E-state index < -0.39 is 17.6 Å². The number of halogens is 1. The van der Waals surface area contributed by atoms with Crippen LogP contribution in [-0.4, -0.2) is 60.0 Å². The molecular weight excluding hydrogens is 409 g/mol. The molecule has 0 spiro atoms.